The van der Waals surface area contributed by atoms with Crippen LogP contribution in [0, 0.1) is 23.7 Å². The molecule has 0 heterocycles. The Labute approximate surface area is 454 Å². The van der Waals surface area contributed by atoms with E-state index in [9.17, 15) is 0 Å². The van der Waals surface area contributed by atoms with Gasteiger partial charge < -0.3 is 9.80 Å². The first-order valence-corrected chi connectivity index (χ1v) is 26.5. The van der Waals surface area contributed by atoms with Crippen LogP contribution in [0.4, 0.5) is 34.1 Å². The Kier molecular flexibility index (Phi) is 11.7. The Bertz CT molecular complexity index is 4260. The molecule has 0 atom stereocenters. The maximum absolute atomic E-state index is 3.74. The molecule has 0 fully saturated rings. The second-order valence-electron chi connectivity index (χ2n) is 19.7. The van der Waals surface area contributed by atoms with Crippen LogP contribution in [0.15, 0.2) is 291 Å². The van der Waals surface area contributed by atoms with E-state index in [1.54, 1.807) is 0 Å². The number of fused-ring (bicyclic) bond motifs is 2. The molecule has 14 aromatic carbocycles. The molecule has 0 N–H and O–H groups in total. The van der Waals surface area contributed by atoms with Gasteiger partial charge in [-0.05, 0) is 197 Å². The van der Waals surface area contributed by atoms with Crippen molar-refractivity contribution in [3.8, 4) is 45.9 Å². The van der Waals surface area contributed by atoms with Gasteiger partial charge in [0.2, 0.25) is 0 Å². The first kappa shape index (κ1) is 45.9. The number of rotatable bonds is 8. The van der Waals surface area contributed by atoms with Gasteiger partial charge in [-0.25, -0.2) is 0 Å². The standard InChI is InChI=1S/C76H48N2/c1-5-21-63(22-6-1)77(64-23-7-2-8-24-64)67-41-31-53(32-42-67)29-35-61-51-73(59-39-37-55-17-13-15-19-57(55)49-59)71-47-48-72-74(60-40-38-56-18-14-16-20-58(56)50-60)52-62(70-46-45-69(61)75(71)76(70)72)36-30-54-33-43-68(44-34-54)78(65-25-9-3-10-26-65)66-27-11-4-12-28-66/h1-28,31-34,37-52H. The number of nitrogens with zero attached hydrogens (tertiary/aromatic N) is 2. The minimum absolute atomic E-state index is 0.940. The minimum atomic E-state index is 0.940. The van der Waals surface area contributed by atoms with Crippen molar-refractivity contribution in [2.75, 3.05) is 9.80 Å². The van der Waals surface area contributed by atoms with Gasteiger partial charge in [0.25, 0.3) is 0 Å². The van der Waals surface area contributed by atoms with Gasteiger partial charge in [-0.1, -0.05) is 194 Å². The normalized spacial score (nSPS) is 11.1. The van der Waals surface area contributed by atoms with Gasteiger partial charge in [-0.2, -0.15) is 0 Å². The van der Waals surface area contributed by atoms with Gasteiger partial charge in [-0.15, -0.1) is 0 Å². The lowest BCUT2D eigenvalue weighted by atomic mass is 9.83. The van der Waals surface area contributed by atoms with E-state index in [0.29, 0.717) is 0 Å². The van der Waals surface area contributed by atoms with Gasteiger partial charge in [0, 0.05) is 56.4 Å². The highest BCUT2D eigenvalue weighted by molar-refractivity contribution is 6.29. The van der Waals surface area contributed by atoms with Crippen molar-refractivity contribution in [3.63, 3.8) is 0 Å². The summed E-state index contributed by atoms with van der Waals surface area (Å²) in [6, 6.07) is 104. The average Bonchev–Trinajstić information content (AvgIpc) is 3.63. The van der Waals surface area contributed by atoms with Gasteiger partial charge >= 0.3 is 0 Å². The van der Waals surface area contributed by atoms with Crippen LogP contribution in [0.2, 0.25) is 0 Å². The van der Waals surface area contributed by atoms with Crippen LogP contribution in [0.25, 0.3) is 76.1 Å². The summed E-state index contributed by atoms with van der Waals surface area (Å²) >= 11 is 0. The molecule has 0 saturated carbocycles. The molecule has 362 valence electrons. The summed E-state index contributed by atoms with van der Waals surface area (Å²) in [5.41, 5.74) is 14.9. The first-order chi connectivity index (χ1) is 38.7. The Hall–Kier alpha value is -10.6. The highest BCUT2D eigenvalue weighted by Crippen LogP contribution is 2.46. The summed E-state index contributed by atoms with van der Waals surface area (Å²) in [5, 5.41) is 11.8. The highest BCUT2D eigenvalue weighted by Gasteiger charge is 2.20. The third kappa shape index (κ3) is 8.61. The number of para-hydroxylation sites is 4. The minimum Gasteiger partial charge on any atom is -0.311 e. The zero-order valence-corrected chi connectivity index (χ0v) is 42.6. The molecule has 0 spiro atoms. The summed E-state index contributed by atoms with van der Waals surface area (Å²) in [6.45, 7) is 0. The van der Waals surface area contributed by atoms with E-state index in [4.69, 9.17) is 0 Å². The second kappa shape index (κ2) is 19.9. The molecular formula is C76H48N2. The molecule has 14 rings (SSSR count). The number of hydrogen-bond donors (Lipinski definition) is 0. The molecule has 2 heteroatoms. The summed E-state index contributed by atoms with van der Waals surface area (Å²) in [5.74, 6) is 14.7. The van der Waals surface area contributed by atoms with E-state index in [1.165, 1.54) is 43.1 Å². The van der Waals surface area contributed by atoms with Gasteiger partial charge in [0.05, 0.1) is 0 Å². The summed E-state index contributed by atoms with van der Waals surface area (Å²) in [4.78, 5) is 4.56. The van der Waals surface area contributed by atoms with Crippen molar-refractivity contribution < 1.29 is 0 Å². The highest BCUT2D eigenvalue weighted by atomic mass is 15.1. The third-order valence-corrected chi connectivity index (χ3v) is 15.0. The Morgan fingerprint density at radius 3 is 0.885 bits per heavy atom. The molecule has 0 bridgehead atoms. The summed E-state index contributed by atoms with van der Waals surface area (Å²) < 4.78 is 0. The van der Waals surface area contributed by atoms with E-state index in [-0.39, 0.29) is 0 Å². The molecule has 0 radical (unpaired) electrons. The molecule has 0 amide bonds. The SMILES string of the molecule is C(#Cc1cc(-c2ccc3ccccc3c2)c2ccc3c(-c4ccc5ccccc5c4)cc(C#Cc4ccc(N(c5ccccc5)c5ccccc5)cc4)c4ccc1c2c43)c1ccc(N(c2ccccc2)c2ccccc2)cc1. The maximum atomic E-state index is 3.74. The zero-order valence-electron chi connectivity index (χ0n) is 42.6. The Morgan fingerprint density at radius 2 is 0.526 bits per heavy atom. The smallest absolute Gasteiger partial charge is 0.0462 e. The van der Waals surface area contributed by atoms with Crippen molar-refractivity contribution in [1.29, 1.82) is 0 Å². The molecule has 0 aliphatic heterocycles. The van der Waals surface area contributed by atoms with Crippen molar-refractivity contribution in [2.45, 2.75) is 0 Å². The molecule has 78 heavy (non-hydrogen) atoms. The Morgan fingerprint density at radius 1 is 0.218 bits per heavy atom. The lowest BCUT2D eigenvalue weighted by molar-refractivity contribution is 1.28. The topological polar surface area (TPSA) is 6.48 Å². The quantitative estimate of drug-likeness (QED) is 0.111. The van der Waals surface area contributed by atoms with E-state index in [2.05, 4.69) is 325 Å². The lowest BCUT2D eigenvalue weighted by Gasteiger charge is -2.25. The third-order valence-electron chi connectivity index (χ3n) is 15.0. The van der Waals surface area contributed by atoms with E-state index in [1.807, 2.05) is 0 Å². The summed E-state index contributed by atoms with van der Waals surface area (Å²) in [7, 11) is 0. The average molecular weight is 989 g/mol. The largest absolute Gasteiger partial charge is 0.311 e. The molecule has 0 unspecified atom stereocenters. The number of benzene rings is 14. The van der Waals surface area contributed by atoms with Crippen molar-refractivity contribution in [3.05, 3.63) is 313 Å². The predicted molar refractivity (Wildman–Crippen MR) is 330 cm³/mol. The maximum Gasteiger partial charge on any atom is 0.0462 e. The predicted octanol–water partition coefficient (Wildman–Crippen LogP) is 20.0. The van der Waals surface area contributed by atoms with E-state index in [0.717, 1.165) is 89.4 Å². The molecule has 0 aliphatic rings. The van der Waals surface area contributed by atoms with Gasteiger partial charge in [0.1, 0.15) is 0 Å². The first-order valence-electron chi connectivity index (χ1n) is 26.5. The lowest BCUT2D eigenvalue weighted by Crippen LogP contribution is -2.09. The van der Waals surface area contributed by atoms with Crippen LogP contribution in [0.5, 0.6) is 0 Å². The van der Waals surface area contributed by atoms with Crippen LogP contribution < -0.4 is 9.80 Å². The number of hydrogen-bond acceptors (Lipinski definition) is 2. The van der Waals surface area contributed by atoms with E-state index < -0.39 is 0 Å². The molecular weight excluding hydrogens is 941 g/mol. The number of anilines is 6. The molecule has 2 nitrogen and oxygen atoms in total. The van der Waals surface area contributed by atoms with Crippen LogP contribution in [0.1, 0.15) is 22.3 Å². The fourth-order valence-corrected chi connectivity index (χ4v) is 11.3. The Balaban J connectivity index is 0.945. The van der Waals surface area contributed by atoms with Crippen molar-refractivity contribution >= 4 is 88.0 Å². The van der Waals surface area contributed by atoms with Crippen molar-refractivity contribution in [1.82, 2.24) is 0 Å². The van der Waals surface area contributed by atoms with Crippen LogP contribution in [0.3, 0.4) is 0 Å². The van der Waals surface area contributed by atoms with Crippen LogP contribution in [-0.4, -0.2) is 0 Å². The molecule has 14 aromatic rings. The van der Waals surface area contributed by atoms with Crippen LogP contribution in [-0.2, 0) is 0 Å². The van der Waals surface area contributed by atoms with Crippen LogP contribution >= 0.6 is 0 Å². The van der Waals surface area contributed by atoms with E-state index >= 15 is 0 Å². The zero-order chi connectivity index (χ0) is 51.8. The van der Waals surface area contributed by atoms with Crippen molar-refractivity contribution in [2.24, 2.45) is 0 Å². The molecule has 0 aliphatic carbocycles. The molecule has 0 aromatic heterocycles. The second-order valence-corrected chi connectivity index (χ2v) is 19.7. The summed E-state index contributed by atoms with van der Waals surface area (Å²) in [6.07, 6.45) is 0. The van der Waals surface area contributed by atoms with Gasteiger partial charge in [-0.3, -0.25) is 0 Å². The molecule has 0 saturated heterocycles. The fraction of sp³-hybridized carbons (Fsp3) is 0. The monoisotopic (exact) mass is 988 g/mol. The van der Waals surface area contributed by atoms with Gasteiger partial charge in [0.15, 0.2) is 0 Å². The fourth-order valence-electron chi connectivity index (χ4n) is 11.3.